The number of benzene rings is 2. The summed E-state index contributed by atoms with van der Waals surface area (Å²) in [5.41, 5.74) is 4.11. The fraction of sp³-hybridized carbons (Fsp3) is 0.0526. The Morgan fingerprint density at radius 2 is 1.94 bits per heavy atom. The zero-order valence-electron chi connectivity index (χ0n) is 16.1. The van der Waals surface area contributed by atoms with E-state index in [1.165, 1.54) is 28.9 Å². The summed E-state index contributed by atoms with van der Waals surface area (Å²) in [5, 5.41) is 25.4. The molecule has 31 heavy (non-hydrogen) atoms. The second-order valence-corrected chi connectivity index (χ2v) is 6.92. The van der Waals surface area contributed by atoms with Crippen LogP contribution in [0.3, 0.4) is 0 Å². The van der Waals surface area contributed by atoms with Crippen molar-refractivity contribution >= 4 is 47.3 Å². The summed E-state index contributed by atoms with van der Waals surface area (Å²) in [6.07, 6.45) is 5.20. The number of allylic oxidation sites excluding steroid dienone is 1. The van der Waals surface area contributed by atoms with E-state index in [-0.39, 0.29) is 23.3 Å². The normalized spacial score (nSPS) is 11.1. The molecule has 12 heteroatoms. The van der Waals surface area contributed by atoms with Crippen LogP contribution < -0.4 is 16.6 Å². The van der Waals surface area contributed by atoms with Gasteiger partial charge in [-0.05, 0) is 23.8 Å². The van der Waals surface area contributed by atoms with E-state index in [1.807, 2.05) is 36.4 Å². The molecule has 2 aromatic carbocycles. The van der Waals surface area contributed by atoms with E-state index in [1.54, 1.807) is 12.3 Å². The Morgan fingerprint density at radius 1 is 1.19 bits per heavy atom. The zero-order chi connectivity index (χ0) is 22.1. The molecule has 0 atom stereocenters. The highest BCUT2D eigenvalue weighted by Crippen LogP contribution is 2.18. The minimum Gasteiger partial charge on any atom is -0.334 e. The van der Waals surface area contributed by atoms with Crippen LogP contribution in [0.25, 0.3) is 6.08 Å². The first-order valence-electron chi connectivity index (χ1n) is 8.91. The van der Waals surface area contributed by atoms with Crippen molar-refractivity contribution in [2.45, 2.75) is 5.16 Å². The summed E-state index contributed by atoms with van der Waals surface area (Å²) in [6.45, 7) is 0. The molecule has 0 unspecified atom stereocenters. The van der Waals surface area contributed by atoms with Gasteiger partial charge < -0.3 is 11.2 Å². The molecular weight excluding hydrogens is 420 g/mol. The third kappa shape index (κ3) is 6.40. The van der Waals surface area contributed by atoms with Crippen molar-refractivity contribution < 1.29 is 9.72 Å². The van der Waals surface area contributed by atoms with Gasteiger partial charge in [0.2, 0.25) is 11.1 Å². The van der Waals surface area contributed by atoms with Crippen molar-refractivity contribution in [1.82, 2.24) is 14.9 Å². The van der Waals surface area contributed by atoms with E-state index in [9.17, 15) is 14.9 Å². The van der Waals surface area contributed by atoms with E-state index in [2.05, 4.69) is 26.0 Å². The third-order valence-electron chi connectivity index (χ3n) is 3.77. The van der Waals surface area contributed by atoms with Crippen LogP contribution >= 0.6 is 11.8 Å². The van der Waals surface area contributed by atoms with Crippen molar-refractivity contribution in [2.75, 3.05) is 22.3 Å². The lowest BCUT2D eigenvalue weighted by atomic mass is 10.2. The van der Waals surface area contributed by atoms with E-state index in [0.29, 0.717) is 10.8 Å². The number of nitrogens with zero attached hydrogens (tertiary/aromatic N) is 5. The summed E-state index contributed by atoms with van der Waals surface area (Å²) in [6, 6.07) is 15.3. The average Bonchev–Trinajstić information content (AvgIpc) is 3.12. The minimum absolute atomic E-state index is 0.0232. The lowest BCUT2D eigenvalue weighted by Gasteiger charge is -2.05. The number of thioether (sulfide) groups is 1. The number of nitro benzene ring substituents is 1. The second kappa shape index (κ2) is 10.5. The van der Waals surface area contributed by atoms with Crippen LogP contribution in [0.4, 0.5) is 17.3 Å². The first-order valence-corrected chi connectivity index (χ1v) is 9.90. The van der Waals surface area contributed by atoms with Crippen molar-refractivity contribution in [3.63, 3.8) is 0 Å². The molecule has 4 N–H and O–H groups in total. The summed E-state index contributed by atoms with van der Waals surface area (Å²) in [5.74, 6) is 5.83. The molecule has 11 nitrogen and oxygen atoms in total. The average molecular weight is 438 g/mol. The number of hydrazone groups is 1. The van der Waals surface area contributed by atoms with Gasteiger partial charge in [0.05, 0.1) is 10.7 Å². The Labute approximate surface area is 181 Å². The van der Waals surface area contributed by atoms with Crippen LogP contribution in [-0.2, 0) is 4.79 Å². The van der Waals surface area contributed by atoms with E-state index >= 15 is 0 Å². The van der Waals surface area contributed by atoms with E-state index in [4.69, 9.17) is 5.84 Å². The maximum atomic E-state index is 12.1. The number of nitrogens with two attached hydrogens (primary N) is 1. The van der Waals surface area contributed by atoms with Crippen LogP contribution in [0.15, 0.2) is 70.9 Å². The summed E-state index contributed by atoms with van der Waals surface area (Å²) >= 11 is 1.08. The van der Waals surface area contributed by atoms with Crippen molar-refractivity contribution in [2.24, 2.45) is 5.10 Å². The van der Waals surface area contributed by atoms with Gasteiger partial charge in [-0.15, -0.1) is 10.2 Å². The van der Waals surface area contributed by atoms with Crippen LogP contribution in [0.2, 0.25) is 0 Å². The van der Waals surface area contributed by atoms with Gasteiger partial charge in [0.1, 0.15) is 0 Å². The number of hydrogen-bond acceptors (Lipinski definition) is 9. The predicted octanol–water partition coefficient (Wildman–Crippen LogP) is 2.74. The zero-order valence-corrected chi connectivity index (χ0v) is 16.9. The number of carbonyl (C=O) groups is 1. The number of rotatable bonds is 9. The SMILES string of the molecule is Nn1c(N/N=C/C=C/c2ccccc2)nnc1SCC(=O)Nc1ccc([N+](=O)[O-])cc1. The number of non-ortho nitro benzene ring substituents is 1. The third-order valence-corrected chi connectivity index (χ3v) is 4.72. The van der Waals surface area contributed by atoms with Gasteiger partial charge in [0.15, 0.2) is 0 Å². The lowest BCUT2D eigenvalue weighted by molar-refractivity contribution is -0.384. The molecule has 3 aromatic rings. The molecular formula is C19H18N8O3S. The number of aromatic nitrogens is 3. The number of nitrogen functional groups attached to an aromatic ring is 1. The van der Waals surface area contributed by atoms with Gasteiger partial charge in [-0.1, -0.05) is 48.2 Å². The lowest BCUT2D eigenvalue weighted by Crippen LogP contribution is -2.16. The van der Waals surface area contributed by atoms with Gasteiger partial charge >= 0.3 is 0 Å². The smallest absolute Gasteiger partial charge is 0.269 e. The van der Waals surface area contributed by atoms with Gasteiger partial charge in [-0.25, -0.2) is 10.1 Å². The Hall–Kier alpha value is -4.19. The highest BCUT2D eigenvalue weighted by molar-refractivity contribution is 7.99. The number of hydrogen-bond donors (Lipinski definition) is 3. The predicted molar refractivity (Wildman–Crippen MR) is 120 cm³/mol. The number of amides is 1. The topological polar surface area (TPSA) is 153 Å². The van der Waals surface area contributed by atoms with Crippen molar-refractivity contribution in [1.29, 1.82) is 0 Å². The number of nitrogens with one attached hydrogen (secondary N) is 2. The Bertz CT molecular complexity index is 1100. The molecule has 0 saturated heterocycles. The van der Waals surface area contributed by atoms with Crippen LogP contribution in [0.1, 0.15) is 5.56 Å². The molecule has 1 aromatic heterocycles. The van der Waals surface area contributed by atoms with Crippen LogP contribution in [-0.4, -0.2) is 37.7 Å². The van der Waals surface area contributed by atoms with Gasteiger partial charge in [0, 0.05) is 24.0 Å². The number of anilines is 2. The Balaban J connectivity index is 1.47. The molecule has 1 heterocycles. The summed E-state index contributed by atoms with van der Waals surface area (Å²) in [7, 11) is 0. The van der Waals surface area contributed by atoms with E-state index in [0.717, 1.165) is 17.3 Å². The summed E-state index contributed by atoms with van der Waals surface area (Å²) < 4.78 is 1.18. The number of nitro groups is 1. The molecule has 0 aliphatic carbocycles. The van der Waals surface area contributed by atoms with Gasteiger partial charge in [-0.3, -0.25) is 14.9 Å². The van der Waals surface area contributed by atoms with Gasteiger partial charge in [0.25, 0.3) is 11.6 Å². The molecule has 158 valence electrons. The molecule has 0 fully saturated rings. The fourth-order valence-corrected chi connectivity index (χ4v) is 2.96. The van der Waals surface area contributed by atoms with Gasteiger partial charge in [-0.2, -0.15) is 5.10 Å². The Morgan fingerprint density at radius 3 is 2.65 bits per heavy atom. The highest BCUT2D eigenvalue weighted by Gasteiger charge is 2.12. The fourth-order valence-electron chi connectivity index (χ4n) is 2.30. The van der Waals surface area contributed by atoms with Crippen LogP contribution in [0, 0.1) is 10.1 Å². The molecule has 3 rings (SSSR count). The molecule has 0 saturated carbocycles. The molecule has 0 aliphatic heterocycles. The quantitative estimate of drug-likeness (QED) is 0.151. The second-order valence-electron chi connectivity index (χ2n) is 5.98. The highest BCUT2D eigenvalue weighted by atomic mass is 32.2. The molecule has 0 aliphatic rings. The minimum atomic E-state index is -0.509. The first-order chi connectivity index (χ1) is 15.0. The number of carbonyl (C=O) groups excluding carboxylic acids is 1. The van der Waals surface area contributed by atoms with Crippen LogP contribution in [0.5, 0.6) is 0 Å². The molecule has 1 amide bonds. The monoisotopic (exact) mass is 438 g/mol. The standard InChI is InChI=1S/C19H18N8O3S/c20-26-18(23-21-12-4-7-14-5-2-1-3-6-14)24-25-19(26)31-13-17(28)22-15-8-10-16(11-9-15)27(29)30/h1-12H,13,20H2,(H,22,28)(H,23,24)/b7-4+,21-12+. The Kier molecular flexibility index (Phi) is 7.32. The molecule has 0 radical (unpaired) electrons. The van der Waals surface area contributed by atoms with Crippen molar-refractivity contribution in [3.05, 3.63) is 76.4 Å². The maximum absolute atomic E-state index is 12.1. The summed E-state index contributed by atoms with van der Waals surface area (Å²) in [4.78, 5) is 22.2. The van der Waals surface area contributed by atoms with Crippen molar-refractivity contribution in [3.8, 4) is 0 Å². The molecule has 0 spiro atoms. The first kappa shape index (κ1) is 21.5. The van der Waals surface area contributed by atoms with E-state index < -0.39 is 4.92 Å². The molecule has 0 bridgehead atoms. The maximum Gasteiger partial charge on any atom is 0.269 e. The largest absolute Gasteiger partial charge is 0.334 e.